The van der Waals surface area contributed by atoms with E-state index < -0.39 is 5.97 Å². The van der Waals surface area contributed by atoms with Crippen LogP contribution >= 0.6 is 0 Å². The molecule has 0 fully saturated rings. The summed E-state index contributed by atoms with van der Waals surface area (Å²) in [6.45, 7) is 4.45. The monoisotopic (exact) mass is 292 g/mol. The van der Waals surface area contributed by atoms with Crippen LogP contribution in [0.1, 0.15) is 71.6 Å². The lowest BCUT2D eigenvalue weighted by atomic mass is 10.0. The summed E-state index contributed by atoms with van der Waals surface area (Å²) >= 11 is 0. The van der Waals surface area contributed by atoms with Crippen LogP contribution < -0.4 is 0 Å². The molecule has 2 nitrogen and oxygen atoms in total. The molecule has 1 unspecified atom stereocenters. The molecular weight excluding hydrogens is 260 g/mol. The summed E-state index contributed by atoms with van der Waals surface area (Å²) in [4.78, 5) is 10.3. The van der Waals surface area contributed by atoms with Crippen molar-refractivity contribution in [2.75, 3.05) is 0 Å². The molecule has 0 aromatic heterocycles. The second-order valence-corrected chi connectivity index (χ2v) is 5.62. The number of hydrogen-bond acceptors (Lipinski definition) is 1. The van der Waals surface area contributed by atoms with Gasteiger partial charge in [-0.05, 0) is 57.3 Å². The lowest BCUT2D eigenvalue weighted by Gasteiger charge is -2.05. The standard InChI is InChI=1S/C19H32O2/c1-3-4-5-6-7-9-12-15-18(2)16-13-10-8-11-14-17-19(20)21/h4-5,7,9-10,13,18H,3,6,8,11-12,14-17H2,1-2H3,(H,20,21)/b5-4-,9-7-,13-10-. The highest BCUT2D eigenvalue weighted by Gasteiger charge is 1.97. The van der Waals surface area contributed by atoms with E-state index in [2.05, 4.69) is 50.3 Å². The van der Waals surface area contributed by atoms with Crippen molar-refractivity contribution in [2.24, 2.45) is 5.92 Å². The Labute approximate surface area is 130 Å². The molecule has 1 N–H and O–H groups in total. The number of allylic oxidation sites excluding steroid dienone is 6. The van der Waals surface area contributed by atoms with Crippen molar-refractivity contribution in [3.63, 3.8) is 0 Å². The first-order chi connectivity index (χ1) is 10.2. The summed E-state index contributed by atoms with van der Waals surface area (Å²) in [5, 5.41) is 8.52. The summed E-state index contributed by atoms with van der Waals surface area (Å²) in [5.74, 6) is 0.0296. The molecule has 120 valence electrons. The average Bonchev–Trinajstić information content (AvgIpc) is 2.45. The minimum atomic E-state index is -0.689. The highest BCUT2D eigenvalue weighted by molar-refractivity contribution is 5.66. The Balaban J connectivity index is 3.46. The van der Waals surface area contributed by atoms with Crippen molar-refractivity contribution in [1.82, 2.24) is 0 Å². The summed E-state index contributed by atoms with van der Waals surface area (Å²) in [6, 6.07) is 0. The van der Waals surface area contributed by atoms with Crippen molar-refractivity contribution in [3.05, 3.63) is 36.5 Å². The predicted octanol–water partition coefficient (Wildman–Crippen LogP) is 5.91. The second-order valence-electron chi connectivity index (χ2n) is 5.62. The maximum absolute atomic E-state index is 10.3. The summed E-state index contributed by atoms with van der Waals surface area (Å²) in [6.07, 6.45) is 22.2. The van der Waals surface area contributed by atoms with E-state index in [0.29, 0.717) is 6.42 Å². The Morgan fingerprint density at radius 1 is 1.00 bits per heavy atom. The van der Waals surface area contributed by atoms with Gasteiger partial charge in [-0.1, -0.05) is 50.3 Å². The lowest BCUT2D eigenvalue weighted by Crippen LogP contribution is -1.93. The molecule has 0 aromatic rings. The molecule has 0 aliphatic heterocycles. The van der Waals surface area contributed by atoms with Crippen molar-refractivity contribution in [3.8, 4) is 0 Å². The third-order valence-electron chi connectivity index (χ3n) is 3.38. The summed E-state index contributed by atoms with van der Waals surface area (Å²) < 4.78 is 0. The molecule has 0 aliphatic rings. The smallest absolute Gasteiger partial charge is 0.303 e. The van der Waals surface area contributed by atoms with Crippen LogP contribution in [0.4, 0.5) is 0 Å². The van der Waals surface area contributed by atoms with Crippen molar-refractivity contribution in [1.29, 1.82) is 0 Å². The number of carboxylic acids is 1. The van der Waals surface area contributed by atoms with Crippen molar-refractivity contribution in [2.45, 2.75) is 71.6 Å². The quantitative estimate of drug-likeness (QED) is 0.338. The van der Waals surface area contributed by atoms with E-state index in [4.69, 9.17) is 5.11 Å². The van der Waals surface area contributed by atoms with Crippen LogP contribution in [-0.4, -0.2) is 11.1 Å². The molecular formula is C19H32O2. The second kappa shape index (κ2) is 15.1. The molecule has 0 heterocycles. The number of carbonyl (C=O) groups is 1. The van der Waals surface area contributed by atoms with Gasteiger partial charge in [0.05, 0.1) is 0 Å². The fourth-order valence-electron chi connectivity index (χ4n) is 2.04. The Bertz CT molecular complexity index is 326. The first kappa shape index (κ1) is 19.7. The van der Waals surface area contributed by atoms with Crippen LogP contribution in [-0.2, 0) is 4.79 Å². The van der Waals surface area contributed by atoms with Crippen LogP contribution in [0.5, 0.6) is 0 Å². The van der Waals surface area contributed by atoms with E-state index in [0.717, 1.165) is 50.9 Å². The van der Waals surface area contributed by atoms with Gasteiger partial charge in [-0.3, -0.25) is 4.79 Å². The first-order valence-electron chi connectivity index (χ1n) is 8.33. The maximum atomic E-state index is 10.3. The zero-order valence-electron chi connectivity index (χ0n) is 13.8. The molecule has 0 aromatic carbocycles. The third kappa shape index (κ3) is 16.6. The highest BCUT2D eigenvalue weighted by atomic mass is 16.4. The Hall–Kier alpha value is -1.31. The Kier molecular flexibility index (Phi) is 14.1. The van der Waals surface area contributed by atoms with Gasteiger partial charge in [0.25, 0.3) is 0 Å². The minimum Gasteiger partial charge on any atom is -0.481 e. The van der Waals surface area contributed by atoms with Crippen LogP contribution in [0.25, 0.3) is 0 Å². The molecule has 2 heteroatoms. The minimum absolute atomic E-state index is 0.296. The lowest BCUT2D eigenvalue weighted by molar-refractivity contribution is -0.137. The van der Waals surface area contributed by atoms with Gasteiger partial charge in [0, 0.05) is 6.42 Å². The third-order valence-corrected chi connectivity index (χ3v) is 3.38. The van der Waals surface area contributed by atoms with E-state index in [1.807, 2.05) is 0 Å². The van der Waals surface area contributed by atoms with Gasteiger partial charge >= 0.3 is 5.97 Å². The SMILES string of the molecule is CC/C=C\C/C=C\CCC(C)C/C=C\CCCCC(=O)O. The topological polar surface area (TPSA) is 37.3 Å². The van der Waals surface area contributed by atoms with Crippen LogP contribution in [0.3, 0.4) is 0 Å². The molecule has 0 radical (unpaired) electrons. The number of carboxylic acid groups (broad SMARTS) is 1. The normalized spacial score (nSPS) is 13.6. The maximum Gasteiger partial charge on any atom is 0.303 e. The van der Waals surface area contributed by atoms with Crippen LogP contribution in [0.2, 0.25) is 0 Å². The predicted molar refractivity (Wildman–Crippen MR) is 91.4 cm³/mol. The van der Waals surface area contributed by atoms with E-state index in [-0.39, 0.29) is 0 Å². The van der Waals surface area contributed by atoms with E-state index in [1.54, 1.807) is 0 Å². The van der Waals surface area contributed by atoms with E-state index in [1.165, 1.54) is 6.42 Å². The molecule has 0 bridgehead atoms. The molecule has 0 amide bonds. The molecule has 21 heavy (non-hydrogen) atoms. The van der Waals surface area contributed by atoms with Gasteiger partial charge in [0.15, 0.2) is 0 Å². The molecule has 0 rings (SSSR count). The molecule has 0 aliphatic carbocycles. The van der Waals surface area contributed by atoms with Gasteiger partial charge in [-0.25, -0.2) is 0 Å². The number of hydrogen-bond donors (Lipinski definition) is 1. The van der Waals surface area contributed by atoms with Crippen LogP contribution in [0, 0.1) is 5.92 Å². The first-order valence-corrected chi connectivity index (χ1v) is 8.33. The summed E-state index contributed by atoms with van der Waals surface area (Å²) in [7, 11) is 0. The summed E-state index contributed by atoms with van der Waals surface area (Å²) in [5.41, 5.74) is 0. The zero-order valence-corrected chi connectivity index (χ0v) is 13.8. The zero-order chi connectivity index (χ0) is 15.8. The fraction of sp³-hybridized carbons (Fsp3) is 0.632. The van der Waals surface area contributed by atoms with Gasteiger partial charge in [-0.15, -0.1) is 0 Å². The highest BCUT2D eigenvalue weighted by Crippen LogP contribution is 2.12. The van der Waals surface area contributed by atoms with Crippen LogP contribution in [0.15, 0.2) is 36.5 Å². The largest absolute Gasteiger partial charge is 0.481 e. The van der Waals surface area contributed by atoms with Gasteiger partial charge < -0.3 is 5.11 Å². The number of unbranched alkanes of at least 4 members (excludes halogenated alkanes) is 2. The van der Waals surface area contributed by atoms with Crippen molar-refractivity contribution >= 4 is 5.97 Å². The van der Waals surface area contributed by atoms with Crippen molar-refractivity contribution < 1.29 is 9.90 Å². The Morgan fingerprint density at radius 2 is 1.71 bits per heavy atom. The van der Waals surface area contributed by atoms with E-state index in [9.17, 15) is 4.79 Å². The number of rotatable bonds is 13. The average molecular weight is 292 g/mol. The molecule has 1 atom stereocenters. The van der Waals surface area contributed by atoms with E-state index >= 15 is 0 Å². The molecule has 0 saturated carbocycles. The Morgan fingerprint density at radius 3 is 2.43 bits per heavy atom. The van der Waals surface area contributed by atoms with Gasteiger partial charge in [0.1, 0.15) is 0 Å². The van der Waals surface area contributed by atoms with Gasteiger partial charge in [-0.2, -0.15) is 0 Å². The number of aliphatic carboxylic acids is 1. The fourth-order valence-corrected chi connectivity index (χ4v) is 2.04. The van der Waals surface area contributed by atoms with Gasteiger partial charge in [0.2, 0.25) is 0 Å². The molecule has 0 saturated heterocycles. The molecule has 0 spiro atoms.